The summed E-state index contributed by atoms with van der Waals surface area (Å²) in [5.41, 5.74) is 1.21. The van der Waals surface area contributed by atoms with Gasteiger partial charge in [0.25, 0.3) is 0 Å². The fourth-order valence-electron chi connectivity index (χ4n) is 3.24. The Kier molecular flexibility index (Phi) is 7.21. The molecule has 2 N–H and O–H groups in total. The Balaban J connectivity index is 1.34. The van der Waals surface area contributed by atoms with Crippen LogP contribution < -0.4 is 10.6 Å². The van der Waals surface area contributed by atoms with Gasteiger partial charge in [-0.2, -0.15) is 0 Å². The van der Waals surface area contributed by atoms with Gasteiger partial charge in [0, 0.05) is 33.2 Å². The molecule has 0 spiro atoms. The number of hydrogen-bond donors (Lipinski definition) is 2. The zero-order valence-electron chi connectivity index (χ0n) is 16.3. The maximum absolute atomic E-state index is 5.90. The average molecular weight is 371 g/mol. The lowest BCUT2D eigenvalue weighted by molar-refractivity contribution is 0.0646. The van der Waals surface area contributed by atoms with Crippen molar-refractivity contribution in [1.82, 2.24) is 25.4 Å². The van der Waals surface area contributed by atoms with Crippen LogP contribution in [0.3, 0.4) is 0 Å². The van der Waals surface area contributed by atoms with Gasteiger partial charge in [0.1, 0.15) is 5.82 Å². The van der Waals surface area contributed by atoms with Gasteiger partial charge in [0.15, 0.2) is 11.8 Å². The molecule has 1 aromatic heterocycles. The van der Waals surface area contributed by atoms with Gasteiger partial charge in [0.05, 0.1) is 12.6 Å². The van der Waals surface area contributed by atoms with Crippen molar-refractivity contribution in [2.75, 3.05) is 20.2 Å². The molecule has 3 rings (SSSR count). The molecular weight excluding hydrogens is 340 g/mol. The average Bonchev–Trinajstić information content (AvgIpc) is 3.13. The first-order chi connectivity index (χ1) is 13.3. The number of benzene rings is 1. The fourth-order valence-corrected chi connectivity index (χ4v) is 3.24. The minimum Gasteiger partial charge on any atom is -0.374 e. The van der Waals surface area contributed by atoms with Crippen LogP contribution in [-0.2, 0) is 24.2 Å². The van der Waals surface area contributed by atoms with E-state index in [4.69, 9.17) is 4.74 Å². The number of aliphatic imine (C=N–C) groups is 1. The summed E-state index contributed by atoms with van der Waals surface area (Å²) in [5, 5.41) is 15.2. The zero-order chi connectivity index (χ0) is 18.9. The second kappa shape index (κ2) is 10.1. The molecule has 1 unspecified atom stereocenters. The Morgan fingerprint density at radius 2 is 2.07 bits per heavy atom. The van der Waals surface area contributed by atoms with Gasteiger partial charge in [-0.25, -0.2) is 0 Å². The quantitative estimate of drug-likeness (QED) is 0.424. The highest BCUT2D eigenvalue weighted by molar-refractivity contribution is 5.79. The van der Waals surface area contributed by atoms with Crippen LogP contribution in [0.25, 0.3) is 0 Å². The number of guanidine groups is 1. The summed E-state index contributed by atoms with van der Waals surface area (Å²) in [5.74, 6) is 2.86. The van der Waals surface area contributed by atoms with Crippen LogP contribution in [0.2, 0.25) is 0 Å². The first-order valence-electron chi connectivity index (χ1n) is 9.80. The minimum absolute atomic E-state index is 0.114. The third-order valence-electron chi connectivity index (χ3n) is 4.82. The van der Waals surface area contributed by atoms with Crippen LogP contribution in [0.4, 0.5) is 0 Å². The highest BCUT2D eigenvalue weighted by atomic mass is 16.5. The van der Waals surface area contributed by atoms with E-state index in [0.717, 1.165) is 43.5 Å². The van der Waals surface area contributed by atoms with E-state index in [9.17, 15) is 0 Å². The van der Waals surface area contributed by atoms with Crippen molar-refractivity contribution in [3.63, 3.8) is 0 Å². The van der Waals surface area contributed by atoms with Crippen LogP contribution in [0, 0.1) is 0 Å². The smallest absolute Gasteiger partial charge is 0.191 e. The number of hydrogen-bond acceptors (Lipinski definition) is 4. The van der Waals surface area contributed by atoms with E-state index in [0.29, 0.717) is 13.2 Å². The summed E-state index contributed by atoms with van der Waals surface area (Å²) >= 11 is 0. The molecule has 146 valence electrons. The first kappa shape index (κ1) is 19.4. The maximum atomic E-state index is 5.90. The van der Waals surface area contributed by atoms with Crippen molar-refractivity contribution < 1.29 is 4.74 Å². The van der Waals surface area contributed by atoms with E-state index in [2.05, 4.69) is 49.4 Å². The van der Waals surface area contributed by atoms with Crippen molar-refractivity contribution in [2.45, 2.75) is 51.8 Å². The molecule has 7 nitrogen and oxygen atoms in total. The minimum atomic E-state index is 0.114. The molecule has 7 heteroatoms. The SMILES string of the molecule is CN=C(NCCCOC(C)c1ccccc1)NCc1nnc2n1CCCC2. The van der Waals surface area contributed by atoms with E-state index in [1.165, 1.54) is 18.4 Å². The van der Waals surface area contributed by atoms with E-state index >= 15 is 0 Å². The maximum Gasteiger partial charge on any atom is 0.191 e. The molecule has 1 atom stereocenters. The lowest BCUT2D eigenvalue weighted by atomic mass is 10.1. The molecule has 0 fully saturated rings. The van der Waals surface area contributed by atoms with Crippen LogP contribution >= 0.6 is 0 Å². The van der Waals surface area contributed by atoms with Gasteiger partial charge in [-0.15, -0.1) is 10.2 Å². The summed E-state index contributed by atoms with van der Waals surface area (Å²) < 4.78 is 8.13. The number of ether oxygens (including phenoxy) is 1. The summed E-state index contributed by atoms with van der Waals surface area (Å²) in [7, 11) is 1.78. The van der Waals surface area contributed by atoms with E-state index in [1.807, 2.05) is 18.2 Å². The van der Waals surface area contributed by atoms with E-state index in [-0.39, 0.29) is 6.10 Å². The number of aryl methyl sites for hydroxylation is 1. The summed E-state index contributed by atoms with van der Waals surface area (Å²) in [6.07, 6.45) is 4.47. The summed E-state index contributed by atoms with van der Waals surface area (Å²) in [6.45, 7) is 5.25. The second-order valence-corrected chi connectivity index (χ2v) is 6.77. The van der Waals surface area contributed by atoms with Gasteiger partial charge in [-0.1, -0.05) is 30.3 Å². The van der Waals surface area contributed by atoms with Gasteiger partial charge >= 0.3 is 0 Å². The Bertz CT molecular complexity index is 727. The lowest BCUT2D eigenvalue weighted by Crippen LogP contribution is -2.38. The molecule has 2 heterocycles. The summed E-state index contributed by atoms with van der Waals surface area (Å²) in [4.78, 5) is 4.28. The van der Waals surface area contributed by atoms with Gasteiger partial charge in [0.2, 0.25) is 0 Å². The second-order valence-electron chi connectivity index (χ2n) is 6.77. The predicted octanol–water partition coefficient (Wildman–Crippen LogP) is 2.45. The standard InChI is InChI=1S/C20H30N6O/c1-16(17-9-4-3-5-10-17)27-14-8-12-22-20(21-2)23-15-19-25-24-18-11-6-7-13-26(18)19/h3-5,9-10,16H,6-8,11-15H2,1-2H3,(H2,21,22,23). The topological polar surface area (TPSA) is 76.4 Å². The summed E-state index contributed by atoms with van der Waals surface area (Å²) in [6, 6.07) is 10.3. The van der Waals surface area contributed by atoms with Crippen LogP contribution in [-0.4, -0.2) is 40.9 Å². The van der Waals surface area contributed by atoms with Crippen molar-refractivity contribution in [3.05, 3.63) is 47.5 Å². The Morgan fingerprint density at radius 1 is 1.22 bits per heavy atom. The number of nitrogens with zero attached hydrogens (tertiary/aromatic N) is 4. The fraction of sp³-hybridized carbons (Fsp3) is 0.550. The Hall–Kier alpha value is -2.41. The zero-order valence-corrected chi connectivity index (χ0v) is 16.3. The molecule has 0 amide bonds. The normalized spacial score (nSPS) is 15.3. The molecule has 0 radical (unpaired) electrons. The molecule has 1 aliphatic heterocycles. The van der Waals surface area contributed by atoms with Crippen LogP contribution in [0.15, 0.2) is 35.3 Å². The lowest BCUT2D eigenvalue weighted by Gasteiger charge is -2.16. The van der Waals surface area contributed by atoms with Crippen molar-refractivity contribution in [2.24, 2.45) is 4.99 Å². The van der Waals surface area contributed by atoms with Gasteiger partial charge < -0.3 is 19.9 Å². The highest BCUT2D eigenvalue weighted by Gasteiger charge is 2.15. The Morgan fingerprint density at radius 3 is 2.89 bits per heavy atom. The van der Waals surface area contributed by atoms with E-state index < -0.39 is 0 Å². The predicted molar refractivity (Wildman–Crippen MR) is 107 cm³/mol. The van der Waals surface area contributed by atoms with Gasteiger partial charge in [-0.3, -0.25) is 4.99 Å². The molecule has 27 heavy (non-hydrogen) atoms. The molecule has 0 bridgehead atoms. The van der Waals surface area contributed by atoms with Gasteiger partial charge in [-0.05, 0) is 31.7 Å². The number of rotatable bonds is 8. The molecule has 1 aliphatic rings. The van der Waals surface area contributed by atoms with Crippen molar-refractivity contribution in [1.29, 1.82) is 0 Å². The largest absolute Gasteiger partial charge is 0.374 e. The number of fused-ring (bicyclic) bond motifs is 1. The molecule has 0 saturated carbocycles. The monoisotopic (exact) mass is 370 g/mol. The number of aromatic nitrogens is 3. The van der Waals surface area contributed by atoms with Crippen LogP contribution in [0.5, 0.6) is 0 Å². The number of nitrogens with one attached hydrogen (secondary N) is 2. The third kappa shape index (κ3) is 5.53. The molecule has 2 aromatic rings. The molecular formula is C20H30N6O. The van der Waals surface area contributed by atoms with Crippen LogP contribution in [0.1, 0.15) is 49.5 Å². The van der Waals surface area contributed by atoms with E-state index in [1.54, 1.807) is 7.05 Å². The Labute approximate surface area is 161 Å². The molecule has 0 aliphatic carbocycles. The third-order valence-corrected chi connectivity index (χ3v) is 4.82. The highest BCUT2D eigenvalue weighted by Crippen LogP contribution is 2.16. The molecule has 0 saturated heterocycles. The van der Waals surface area contributed by atoms with Crippen molar-refractivity contribution >= 4 is 5.96 Å². The van der Waals surface area contributed by atoms with Crippen molar-refractivity contribution in [3.8, 4) is 0 Å². The first-order valence-corrected chi connectivity index (χ1v) is 9.80. The molecule has 1 aromatic carbocycles.